The summed E-state index contributed by atoms with van der Waals surface area (Å²) in [6.45, 7) is 7.88. The summed E-state index contributed by atoms with van der Waals surface area (Å²) in [5, 5.41) is 2.96. The molecular weight excluding hydrogens is 286 g/mol. The molecule has 0 fully saturated rings. The summed E-state index contributed by atoms with van der Waals surface area (Å²) in [7, 11) is 0. The number of anilines is 2. The lowest BCUT2D eigenvalue weighted by atomic mass is 10.1. The van der Waals surface area contributed by atoms with Gasteiger partial charge < -0.3 is 10.2 Å². The summed E-state index contributed by atoms with van der Waals surface area (Å²) in [6.07, 6.45) is 4.39. The normalized spacial score (nSPS) is 10.6. The van der Waals surface area contributed by atoms with Crippen LogP contribution in [0.25, 0.3) is 0 Å². The first-order chi connectivity index (χ1) is 11.1. The highest BCUT2D eigenvalue weighted by Gasteiger charge is 2.11. The zero-order chi connectivity index (χ0) is 16.7. The lowest BCUT2D eigenvalue weighted by Crippen LogP contribution is -2.26. The molecule has 0 saturated carbocycles. The molecule has 2 aromatic rings. The summed E-state index contributed by atoms with van der Waals surface area (Å²) < 4.78 is 0. The monoisotopic (exact) mass is 311 g/mol. The number of para-hydroxylation sites is 1. The van der Waals surface area contributed by atoms with Crippen molar-refractivity contribution >= 4 is 17.3 Å². The van der Waals surface area contributed by atoms with Crippen LogP contribution in [0.5, 0.6) is 0 Å². The maximum Gasteiger partial charge on any atom is 0.252 e. The first-order valence-corrected chi connectivity index (χ1v) is 8.17. The molecule has 1 amide bonds. The van der Waals surface area contributed by atoms with Gasteiger partial charge in [0.25, 0.3) is 5.91 Å². The Labute approximate surface area is 138 Å². The Morgan fingerprint density at radius 3 is 2.57 bits per heavy atom. The molecule has 2 rings (SSSR count). The highest BCUT2D eigenvalue weighted by molar-refractivity contribution is 5.94. The summed E-state index contributed by atoms with van der Waals surface area (Å²) in [4.78, 5) is 18.6. The molecule has 23 heavy (non-hydrogen) atoms. The van der Waals surface area contributed by atoms with Crippen molar-refractivity contribution < 1.29 is 4.79 Å². The van der Waals surface area contributed by atoms with Crippen molar-refractivity contribution in [2.24, 2.45) is 5.92 Å². The van der Waals surface area contributed by atoms with Crippen molar-refractivity contribution in [2.75, 3.05) is 18.0 Å². The first-order valence-electron chi connectivity index (χ1n) is 8.17. The minimum atomic E-state index is -0.0656. The molecule has 1 aromatic carbocycles. The highest BCUT2D eigenvalue weighted by atomic mass is 16.1. The second-order valence-electron chi connectivity index (χ2n) is 5.95. The summed E-state index contributed by atoms with van der Waals surface area (Å²) in [5.41, 5.74) is 2.62. The van der Waals surface area contributed by atoms with Gasteiger partial charge in [-0.1, -0.05) is 32.0 Å². The standard InChI is InChI=1S/C19H25N3O/c1-4-22(17-8-6-5-7-9-17)18-12-16(13-20-14-18)19(23)21-11-10-15(2)3/h5-9,12-15H,4,10-11H2,1-3H3,(H,21,23). The number of carbonyl (C=O) groups is 1. The van der Waals surface area contributed by atoms with Crippen LogP contribution in [0.4, 0.5) is 11.4 Å². The molecular formula is C19H25N3O. The number of nitrogens with zero attached hydrogens (tertiary/aromatic N) is 2. The molecule has 0 bridgehead atoms. The summed E-state index contributed by atoms with van der Waals surface area (Å²) in [6, 6.07) is 12.0. The molecule has 0 unspecified atom stereocenters. The molecule has 0 aliphatic carbocycles. The van der Waals surface area contributed by atoms with E-state index in [4.69, 9.17) is 0 Å². The van der Waals surface area contributed by atoms with Gasteiger partial charge in [-0.3, -0.25) is 9.78 Å². The van der Waals surface area contributed by atoms with Gasteiger partial charge in [0.05, 0.1) is 17.4 Å². The fourth-order valence-corrected chi connectivity index (χ4v) is 2.40. The van der Waals surface area contributed by atoms with Crippen molar-refractivity contribution in [3.63, 3.8) is 0 Å². The topological polar surface area (TPSA) is 45.2 Å². The number of nitrogens with one attached hydrogen (secondary N) is 1. The Morgan fingerprint density at radius 1 is 1.17 bits per heavy atom. The number of rotatable bonds is 7. The van der Waals surface area contributed by atoms with Crippen molar-refractivity contribution in [2.45, 2.75) is 27.2 Å². The predicted molar refractivity (Wildman–Crippen MR) is 95.1 cm³/mol. The van der Waals surface area contributed by atoms with Crippen LogP contribution in [0, 0.1) is 5.92 Å². The van der Waals surface area contributed by atoms with Gasteiger partial charge in [-0.15, -0.1) is 0 Å². The molecule has 4 nitrogen and oxygen atoms in total. The SMILES string of the molecule is CCN(c1ccccc1)c1cncc(C(=O)NCCC(C)C)c1. The fourth-order valence-electron chi connectivity index (χ4n) is 2.40. The largest absolute Gasteiger partial charge is 0.352 e. The Balaban J connectivity index is 2.13. The average Bonchev–Trinajstić information content (AvgIpc) is 2.56. The van der Waals surface area contributed by atoms with Gasteiger partial charge in [-0.2, -0.15) is 0 Å². The van der Waals surface area contributed by atoms with Gasteiger partial charge in [0, 0.05) is 25.0 Å². The third-order valence-corrected chi connectivity index (χ3v) is 3.69. The maximum atomic E-state index is 12.3. The molecule has 0 atom stereocenters. The van der Waals surface area contributed by atoms with Crippen molar-refractivity contribution in [3.05, 3.63) is 54.4 Å². The van der Waals surface area contributed by atoms with Crippen LogP contribution in [-0.4, -0.2) is 24.0 Å². The Morgan fingerprint density at radius 2 is 1.91 bits per heavy atom. The number of amides is 1. The van der Waals surface area contributed by atoms with E-state index in [1.165, 1.54) is 0 Å². The van der Waals surface area contributed by atoms with Crippen LogP contribution in [0.2, 0.25) is 0 Å². The van der Waals surface area contributed by atoms with Gasteiger partial charge >= 0.3 is 0 Å². The van der Waals surface area contributed by atoms with Crippen LogP contribution in [0.1, 0.15) is 37.6 Å². The van der Waals surface area contributed by atoms with E-state index in [2.05, 4.69) is 48.1 Å². The van der Waals surface area contributed by atoms with Crippen molar-refractivity contribution in [1.82, 2.24) is 10.3 Å². The van der Waals surface area contributed by atoms with E-state index in [-0.39, 0.29) is 5.91 Å². The van der Waals surface area contributed by atoms with Crippen LogP contribution >= 0.6 is 0 Å². The van der Waals surface area contributed by atoms with E-state index in [0.717, 1.165) is 24.3 Å². The number of pyridine rings is 1. The molecule has 1 N–H and O–H groups in total. The number of benzene rings is 1. The van der Waals surface area contributed by atoms with E-state index in [1.54, 1.807) is 12.4 Å². The molecule has 1 heterocycles. The van der Waals surface area contributed by atoms with Gasteiger partial charge in [-0.05, 0) is 37.5 Å². The van der Waals surface area contributed by atoms with Gasteiger partial charge in [0.1, 0.15) is 0 Å². The minimum absolute atomic E-state index is 0.0656. The van der Waals surface area contributed by atoms with E-state index in [9.17, 15) is 4.79 Å². The van der Waals surface area contributed by atoms with Crippen LogP contribution in [-0.2, 0) is 0 Å². The lowest BCUT2D eigenvalue weighted by molar-refractivity contribution is 0.0951. The Bertz CT molecular complexity index is 626. The number of hydrogen-bond acceptors (Lipinski definition) is 3. The number of aromatic nitrogens is 1. The average molecular weight is 311 g/mol. The molecule has 0 spiro atoms. The summed E-state index contributed by atoms with van der Waals surface area (Å²) >= 11 is 0. The Kier molecular flexibility index (Phi) is 6.15. The predicted octanol–water partition coefficient (Wildman–Crippen LogP) is 4.02. The third kappa shape index (κ3) is 4.81. The molecule has 0 saturated heterocycles. The number of carbonyl (C=O) groups excluding carboxylic acids is 1. The second kappa shape index (κ2) is 8.32. The third-order valence-electron chi connectivity index (χ3n) is 3.69. The van der Waals surface area contributed by atoms with Crippen molar-refractivity contribution in [1.29, 1.82) is 0 Å². The molecule has 4 heteroatoms. The smallest absolute Gasteiger partial charge is 0.252 e. The molecule has 0 radical (unpaired) electrons. The van der Waals surface area contributed by atoms with E-state index < -0.39 is 0 Å². The molecule has 0 aliphatic heterocycles. The number of hydrogen-bond donors (Lipinski definition) is 1. The zero-order valence-electron chi connectivity index (χ0n) is 14.1. The molecule has 122 valence electrons. The van der Waals surface area contributed by atoms with E-state index in [1.807, 2.05) is 24.3 Å². The van der Waals surface area contributed by atoms with Crippen LogP contribution < -0.4 is 10.2 Å². The molecule has 1 aromatic heterocycles. The highest BCUT2D eigenvalue weighted by Crippen LogP contribution is 2.24. The quantitative estimate of drug-likeness (QED) is 0.840. The van der Waals surface area contributed by atoms with Gasteiger partial charge in [0.2, 0.25) is 0 Å². The Hall–Kier alpha value is -2.36. The lowest BCUT2D eigenvalue weighted by Gasteiger charge is -2.23. The van der Waals surface area contributed by atoms with E-state index >= 15 is 0 Å². The van der Waals surface area contributed by atoms with Crippen molar-refractivity contribution in [3.8, 4) is 0 Å². The van der Waals surface area contributed by atoms with E-state index in [0.29, 0.717) is 18.0 Å². The molecule has 0 aliphatic rings. The first kappa shape index (κ1) is 17.0. The van der Waals surface area contributed by atoms with Crippen LogP contribution in [0.3, 0.4) is 0 Å². The zero-order valence-corrected chi connectivity index (χ0v) is 14.1. The fraction of sp³-hybridized carbons (Fsp3) is 0.368. The second-order valence-corrected chi connectivity index (χ2v) is 5.95. The minimum Gasteiger partial charge on any atom is -0.352 e. The van der Waals surface area contributed by atoms with Crippen LogP contribution in [0.15, 0.2) is 48.8 Å². The van der Waals surface area contributed by atoms with Gasteiger partial charge in [-0.25, -0.2) is 0 Å². The van der Waals surface area contributed by atoms with Gasteiger partial charge in [0.15, 0.2) is 0 Å². The summed E-state index contributed by atoms with van der Waals surface area (Å²) in [5.74, 6) is 0.512. The maximum absolute atomic E-state index is 12.3.